The lowest BCUT2D eigenvalue weighted by Crippen LogP contribution is -1.85. The predicted molar refractivity (Wildman–Crippen MR) is 70.6 cm³/mol. The molecule has 0 saturated carbocycles. The molecule has 82 valence electrons. The standard InChI is InChI=1S/C16H18/c1-3-6-14-9-11-15(12-10-14)16-8-5-4-7-13(16)2/h4-5,7-12H,3,6H2,1-2H3. The molecule has 0 heteroatoms. The second-order valence-electron chi connectivity index (χ2n) is 4.26. The van der Waals surface area contributed by atoms with Crippen LogP contribution in [0.5, 0.6) is 0 Å². The van der Waals surface area contributed by atoms with E-state index in [1.165, 1.54) is 35.1 Å². The van der Waals surface area contributed by atoms with Crippen LogP contribution in [-0.4, -0.2) is 0 Å². The second kappa shape index (κ2) is 4.98. The fourth-order valence-corrected chi connectivity index (χ4v) is 2.04. The third-order valence-electron chi connectivity index (χ3n) is 2.95. The maximum atomic E-state index is 2.24. The van der Waals surface area contributed by atoms with Crippen molar-refractivity contribution < 1.29 is 0 Å². The minimum Gasteiger partial charge on any atom is -0.0651 e. The highest BCUT2D eigenvalue weighted by atomic mass is 14.0. The van der Waals surface area contributed by atoms with Crippen LogP contribution in [0, 0.1) is 6.92 Å². The Balaban J connectivity index is 2.31. The molecule has 0 fully saturated rings. The van der Waals surface area contributed by atoms with Gasteiger partial charge in [-0.1, -0.05) is 61.9 Å². The molecule has 0 atom stereocenters. The third-order valence-corrected chi connectivity index (χ3v) is 2.95. The summed E-state index contributed by atoms with van der Waals surface area (Å²) in [4.78, 5) is 0. The normalized spacial score (nSPS) is 10.4. The maximum absolute atomic E-state index is 2.24. The van der Waals surface area contributed by atoms with Gasteiger partial charge in [-0.05, 0) is 35.6 Å². The number of rotatable bonds is 3. The molecule has 2 aromatic carbocycles. The van der Waals surface area contributed by atoms with Gasteiger partial charge in [-0.25, -0.2) is 0 Å². The molecule has 0 amide bonds. The zero-order valence-corrected chi connectivity index (χ0v) is 10.0. The molecule has 0 heterocycles. The van der Waals surface area contributed by atoms with E-state index in [9.17, 15) is 0 Å². The Hall–Kier alpha value is -1.56. The summed E-state index contributed by atoms with van der Waals surface area (Å²) in [7, 11) is 0. The summed E-state index contributed by atoms with van der Waals surface area (Å²) in [5.74, 6) is 0. The van der Waals surface area contributed by atoms with Gasteiger partial charge >= 0.3 is 0 Å². The molecule has 0 N–H and O–H groups in total. The van der Waals surface area contributed by atoms with Crippen LogP contribution in [0.4, 0.5) is 0 Å². The van der Waals surface area contributed by atoms with Gasteiger partial charge in [-0.3, -0.25) is 0 Å². The van der Waals surface area contributed by atoms with Crippen LogP contribution in [0.2, 0.25) is 0 Å². The smallest absolute Gasteiger partial charge is 0.0155 e. The number of hydrogen-bond acceptors (Lipinski definition) is 0. The molecular formula is C16H18. The molecule has 0 spiro atoms. The van der Waals surface area contributed by atoms with E-state index in [0.29, 0.717) is 0 Å². The number of hydrogen-bond donors (Lipinski definition) is 0. The lowest BCUT2D eigenvalue weighted by atomic mass is 9.99. The first-order chi connectivity index (χ1) is 7.81. The quantitative estimate of drug-likeness (QED) is 0.693. The van der Waals surface area contributed by atoms with E-state index in [0.717, 1.165) is 0 Å². The Kier molecular flexibility index (Phi) is 3.40. The summed E-state index contributed by atoms with van der Waals surface area (Å²) in [6.07, 6.45) is 2.39. The zero-order chi connectivity index (χ0) is 11.4. The molecule has 0 aliphatic heterocycles. The SMILES string of the molecule is CCCc1ccc(-c2ccccc2C)cc1. The largest absolute Gasteiger partial charge is 0.0651 e. The average Bonchev–Trinajstić information content (AvgIpc) is 2.31. The summed E-state index contributed by atoms with van der Waals surface area (Å²) in [6.45, 7) is 4.38. The van der Waals surface area contributed by atoms with Crippen molar-refractivity contribution in [1.29, 1.82) is 0 Å². The van der Waals surface area contributed by atoms with Crippen molar-refractivity contribution in [1.82, 2.24) is 0 Å². The minimum absolute atomic E-state index is 1.17. The monoisotopic (exact) mass is 210 g/mol. The Morgan fingerprint density at radius 1 is 0.875 bits per heavy atom. The van der Waals surface area contributed by atoms with Gasteiger partial charge in [0.15, 0.2) is 0 Å². The van der Waals surface area contributed by atoms with Gasteiger partial charge in [0.1, 0.15) is 0 Å². The van der Waals surface area contributed by atoms with E-state index in [-0.39, 0.29) is 0 Å². The highest BCUT2D eigenvalue weighted by Crippen LogP contribution is 2.23. The molecule has 0 radical (unpaired) electrons. The first kappa shape index (κ1) is 10.9. The lowest BCUT2D eigenvalue weighted by molar-refractivity contribution is 0.922. The molecule has 16 heavy (non-hydrogen) atoms. The van der Waals surface area contributed by atoms with Gasteiger partial charge in [0.05, 0.1) is 0 Å². The minimum atomic E-state index is 1.17. The van der Waals surface area contributed by atoms with Crippen molar-refractivity contribution in [2.24, 2.45) is 0 Å². The van der Waals surface area contributed by atoms with Crippen LogP contribution in [0.25, 0.3) is 11.1 Å². The van der Waals surface area contributed by atoms with Crippen LogP contribution < -0.4 is 0 Å². The van der Waals surface area contributed by atoms with Crippen LogP contribution in [0.15, 0.2) is 48.5 Å². The van der Waals surface area contributed by atoms with Crippen molar-refractivity contribution in [2.75, 3.05) is 0 Å². The third kappa shape index (κ3) is 2.33. The average molecular weight is 210 g/mol. The predicted octanol–water partition coefficient (Wildman–Crippen LogP) is 4.61. The molecule has 0 aliphatic carbocycles. The van der Waals surface area contributed by atoms with Crippen LogP contribution in [0.1, 0.15) is 24.5 Å². The fourth-order valence-electron chi connectivity index (χ4n) is 2.04. The Morgan fingerprint density at radius 2 is 1.56 bits per heavy atom. The van der Waals surface area contributed by atoms with E-state index in [1.54, 1.807) is 0 Å². The molecule has 2 aromatic rings. The van der Waals surface area contributed by atoms with Crippen molar-refractivity contribution in [3.63, 3.8) is 0 Å². The Labute approximate surface area is 97.9 Å². The fraction of sp³-hybridized carbons (Fsp3) is 0.250. The lowest BCUT2D eigenvalue weighted by Gasteiger charge is -2.06. The van der Waals surface area contributed by atoms with Gasteiger partial charge in [0.2, 0.25) is 0 Å². The maximum Gasteiger partial charge on any atom is -0.0155 e. The first-order valence-corrected chi connectivity index (χ1v) is 5.96. The molecule has 0 unspecified atom stereocenters. The van der Waals surface area contributed by atoms with Gasteiger partial charge < -0.3 is 0 Å². The van der Waals surface area contributed by atoms with Crippen molar-refractivity contribution in [2.45, 2.75) is 26.7 Å². The molecule has 0 nitrogen and oxygen atoms in total. The van der Waals surface area contributed by atoms with Crippen LogP contribution >= 0.6 is 0 Å². The van der Waals surface area contributed by atoms with Gasteiger partial charge in [0, 0.05) is 0 Å². The second-order valence-corrected chi connectivity index (χ2v) is 4.26. The van der Waals surface area contributed by atoms with E-state index in [2.05, 4.69) is 62.4 Å². The van der Waals surface area contributed by atoms with E-state index >= 15 is 0 Å². The van der Waals surface area contributed by atoms with E-state index in [4.69, 9.17) is 0 Å². The Bertz CT molecular complexity index is 452. The van der Waals surface area contributed by atoms with Crippen molar-refractivity contribution in [3.8, 4) is 11.1 Å². The molecular weight excluding hydrogens is 192 g/mol. The summed E-state index contributed by atoms with van der Waals surface area (Å²) in [5, 5.41) is 0. The van der Waals surface area contributed by atoms with Crippen molar-refractivity contribution >= 4 is 0 Å². The van der Waals surface area contributed by atoms with Crippen LogP contribution in [0.3, 0.4) is 0 Å². The van der Waals surface area contributed by atoms with Gasteiger partial charge in [-0.2, -0.15) is 0 Å². The zero-order valence-electron chi connectivity index (χ0n) is 10.0. The number of aryl methyl sites for hydroxylation is 2. The van der Waals surface area contributed by atoms with Gasteiger partial charge in [-0.15, -0.1) is 0 Å². The molecule has 0 aromatic heterocycles. The summed E-state index contributed by atoms with van der Waals surface area (Å²) >= 11 is 0. The van der Waals surface area contributed by atoms with Crippen molar-refractivity contribution in [3.05, 3.63) is 59.7 Å². The summed E-state index contributed by atoms with van der Waals surface area (Å²) in [6, 6.07) is 17.5. The molecule has 2 rings (SSSR count). The summed E-state index contributed by atoms with van der Waals surface area (Å²) in [5.41, 5.74) is 5.43. The van der Waals surface area contributed by atoms with E-state index < -0.39 is 0 Å². The van der Waals surface area contributed by atoms with Crippen LogP contribution in [-0.2, 0) is 6.42 Å². The van der Waals surface area contributed by atoms with E-state index in [1.807, 2.05) is 0 Å². The highest BCUT2D eigenvalue weighted by molar-refractivity contribution is 5.67. The highest BCUT2D eigenvalue weighted by Gasteiger charge is 2.00. The summed E-state index contributed by atoms with van der Waals surface area (Å²) < 4.78 is 0. The topological polar surface area (TPSA) is 0 Å². The molecule has 0 bridgehead atoms. The number of benzene rings is 2. The Morgan fingerprint density at radius 3 is 2.19 bits per heavy atom. The molecule has 0 saturated heterocycles. The molecule has 0 aliphatic rings. The first-order valence-electron chi connectivity index (χ1n) is 5.96. The van der Waals surface area contributed by atoms with Gasteiger partial charge in [0.25, 0.3) is 0 Å².